The number of hydrogen-bond acceptors (Lipinski definition) is 1. The summed E-state index contributed by atoms with van der Waals surface area (Å²) < 4.78 is 13.5. The molecule has 0 saturated carbocycles. The molecule has 0 saturated heterocycles. The van der Waals surface area contributed by atoms with Gasteiger partial charge in [0.2, 0.25) is 0 Å². The largest absolute Gasteiger partial charge is 0.315 e. The van der Waals surface area contributed by atoms with Gasteiger partial charge in [-0.1, -0.05) is 32.0 Å². The maximum absolute atomic E-state index is 13.5. The number of hydrogen-bond donors (Lipinski definition) is 1. The SMILES string of the molecule is CCNC(C)CC(C)c1ccccc1F. The average molecular weight is 209 g/mol. The fourth-order valence-corrected chi connectivity index (χ4v) is 1.96. The highest BCUT2D eigenvalue weighted by Gasteiger charge is 2.12. The van der Waals surface area contributed by atoms with Gasteiger partial charge in [0.1, 0.15) is 5.82 Å². The van der Waals surface area contributed by atoms with Crippen molar-refractivity contribution in [2.45, 2.75) is 39.2 Å². The van der Waals surface area contributed by atoms with Crippen LogP contribution < -0.4 is 5.32 Å². The van der Waals surface area contributed by atoms with Gasteiger partial charge >= 0.3 is 0 Å². The molecule has 2 atom stereocenters. The molecular formula is C13H20FN. The molecule has 0 heterocycles. The molecule has 15 heavy (non-hydrogen) atoms. The maximum Gasteiger partial charge on any atom is 0.126 e. The minimum Gasteiger partial charge on any atom is -0.315 e. The Morgan fingerprint density at radius 3 is 2.53 bits per heavy atom. The minimum absolute atomic E-state index is 0.0892. The van der Waals surface area contributed by atoms with E-state index < -0.39 is 0 Å². The predicted molar refractivity (Wildman–Crippen MR) is 62.6 cm³/mol. The second-order valence-corrected chi connectivity index (χ2v) is 4.12. The van der Waals surface area contributed by atoms with E-state index in [-0.39, 0.29) is 11.7 Å². The van der Waals surface area contributed by atoms with Crippen molar-refractivity contribution in [2.24, 2.45) is 0 Å². The fourth-order valence-electron chi connectivity index (χ4n) is 1.96. The topological polar surface area (TPSA) is 12.0 Å². The van der Waals surface area contributed by atoms with Crippen molar-refractivity contribution < 1.29 is 4.39 Å². The lowest BCUT2D eigenvalue weighted by Gasteiger charge is -2.18. The highest BCUT2D eigenvalue weighted by atomic mass is 19.1. The molecule has 1 nitrogen and oxygen atoms in total. The lowest BCUT2D eigenvalue weighted by Crippen LogP contribution is -2.27. The van der Waals surface area contributed by atoms with Gasteiger partial charge < -0.3 is 5.32 Å². The first-order valence-electron chi connectivity index (χ1n) is 5.63. The summed E-state index contributed by atoms with van der Waals surface area (Å²) >= 11 is 0. The van der Waals surface area contributed by atoms with E-state index >= 15 is 0 Å². The monoisotopic (exact) mass is 209 g/mol. The van der Waals surface area contributed by atoms with E-state index in [2.05, 4.69) is 26.1 Å². The van der Waals surface area contributed by atoms with Gasteiger partial charge in [-0.05, 0) is 37.4 Å². The van der Waals surface area contributed by atoms with Gasteiger partial charge in [0, 0.05) is 6.04 Å². The van der Waals surface area contributed by atoms with Gasteiger partial charge in [0.25, 0.3) is 0 Å². The Bertz CT molecular complexity index is 298. The van der Waals surface area contributed by atoms with Crippen LogP contribution in [0.25, 0.3) is 0 Å². The Morgan fingerprint density at radius 1 is 1.27 bits per heavy atom. The second-order valence-electron chi connectivity index (χ2n) is 4.12. The van der Waals surface area contributed by atoms with E-state index in [4.69, 9.17) is 0 Å². The molecule has 0 aliphatic carbocycles. The van der Waals surface area contributed by atoms with Gasteiger partial charge in [-0.2, -0.15) is 0 Å². The van der Waals surface area contributed by atoms with Gasteiger partial charge in [-0.25, -0.2) is 4.39 Å². The molecule has 0 aromatic heterocycles. The van der Waals surface area contributed by atoms with E-state index in [9.17, 15) is 4.39 Å². The first-order chi connectivity index (χ1) is 7.15. The number of benzene rings is 1. The molecule has 0 bridgehead atoms. The highest BCUT2D eigenvalue weighted by Crippen LogP contribution is 2.22. The Kier molecular flexibility index (Phi) is 4.76. The molecule has 1 aromatic rings. The van der Waals surface area contributed by atoms with Gasteiger partial charge in [0.05, 0.1) is 0 Å². The van der Waals surface area contributed by atoms with Crippen molar-refractivity contribution in [2.75, 3.05) is 6.54 Å². The molecule has 1 N–H and O–H groups in total. The zero-order valence-electron chi connectivity index (χ0n) is 9.76. The zero-order chi connectivity index (χ0) is 11.3. The van der Waals surface area contributed by atoms with E-state index in [1.807, 2.05) is 12.1 Å². The summed E-state index contributed by atoms with van der Waals surface area (Å²) in [4.78, 5) is 0. The number of nitrogens with one attached hydrogen (secondary N) is 1. The number of halogens is 1. The van der Waals surface area contributed by atoms with Crippen molar-refractivity contribution in [3.8, 4) is 0 Å². The molecule has 0 aliphatic heterocycles. The summed E-state index contributed by atoms with van der Waals surface area (Å²) in [6.07, 6.45) is 0.967. The summed E-state index contributed by atoms with van der Waals surface area (Å²) in [5.41, 5.74) is 0.822. The predicted octanol–water partition coefficient (Wildman–Crippen LogP) is 3.32. The highest BCUT2D eigenvalue weighted by molar-refractivity contribution is 5.21. The Labute approximate surface area is 91.7 Å². The first-order valence-corrected chi connectivity index (χ1v) is 5.63. The van der Waals surface area contributed by atoms with Crippen molar-refractivity contribution in [3.63, 3.8) is 0 Å². The van der Waals surface area contributed by atoms with Crippen LogP contribution in [0.3, 0.4) is 0 Å². The molecular weight excluding hydrogens is 189 g/mol. The molecule has 0 spiro atoms. The summed E-state index contributed by atoms with van der Waals surface area (Å²) in [6, 6.07) is 7.47. The zero-order valence-corrected chi connectivity index (χ0v) is 9.76. The van der Waals surface area contributed by atoms with Crippen LogP contribution in [0.15, 0.2) is 24.3 Å². The molecule has 0 fully saturated rings. The van der Waals surface area contributed by atoms with Gasteiger partial charge in [-0.3, -0.25) is 0 Å². The molecule has 0 radical (unpaired) electrons. The van der Waals surface area contributed by atoms with Gasteiger partial charge in [-0.15, -0.1) is 0 Å². The van der Waals surface area contributed by atoms with Crippen LogP contribution in [0.4, 0.5) is 4.39 Å². The summed E-state index contributed by atoms with van der Waals surface area (Å²) in [6.45, 7) is 7.27. The lowest BCUT2D eigenvalue weighted by molar-refractivity contribution is 0.478. The van der Waals surface area contributed by atoms with Crippen LogP contribution in [0.5, 0.6) is 0 Å². The van der Waals surface area contributed by atoms with E-state index in [1.54, 1.807) is 6.07 Å². The Morgan fingerprint density at radius 2 is 1.93 bits per heavy atom. The third-order valence-electron chi connectivity index (χ3n) is 2.70. The van der Waals surface area contributed by atoms with Gasteiger partial charge in [0.15, 0.2) is 0 Å². The average Bonchev–Trinajstić information content (AvgIpc) is 2.18. The Balaban J connectivity index is 2.61. The molecule has 84 valence electrons. The van der Waals surface area contributed by atoms with E-state index in [0.717, 1.165) is 18.5 Å². The fraction of sp³-hybridized carbons (Fsp3) is 0.538. The smallest absolute Gasteiger partial charge is 0.126 e. The van der Waals surface area contributed by atoms with Crippen LogP contribution in [0, 0.1) is 5.82 Å². The maximum atomic E-state index is 13.5. The van der Waals surface area contributed by atoms with Crippen LogP contribution in [-0.2, 0) is 0 Å². The van der Waals surface area contributed by atoms with Crippen LogP contribution in [0.2, 0.25) is 0 Å². The van der Waals surface area contributed by atoms with Crippen LogP contribution in [-0.4, -0.2) is 12.6 Å². The van der Waals surface area contributed by atoms with Crippen LogP contribution in [0.1, 0.15) is 38.7 Å². The molecule has 2 heteroatoms. The molecule has 0 amide bonds. The standard InChI is InChI=1S/C13H20FN/c1-4-15-11(3)9-10(2)12-7-5-6-8-13(12)14/h5-8,10-11,15H,4,9H2,1-3H3. The van der Waals surface area contributed by atoms with Crippen molar-refractivity contribution in [1.82, 2.24) is 5.32 Å². The summed E-state index contributed by atoms with van der Waals surface area (Å²) in [5.74, 6) is 0.175. The summed E-state index contributed by atoms with van der Waals surface area (Å²) in [7, 11) is 0. The van der Waals surface area contributed by atoms with E-state index in [0.29, 0.717) is 6.04 Å². The number of rotatable bonds is 5. The molecule has 1 rings (SSSR count). The third kappa shape index (κ3) is 3.63. The molecule has 2 unspecified atom stereocenters. The molecule has 1 aromatic carbocycles. The second kappa shape index (κ2) is 5.86. The van der Waals surface area contributed by atoms with Crippen molar-refractivity contribution in [3.05, 3.63) is 35.6 Å². The van der Waals surface area contributed by atoms with Crippen LogP contribution >= 0.6 is 0 Å². The minimum atomic E-state index is -0.0892. The quantitative estimate of drug-likeness (QED) is 0.784. The van der Waals surface area contributed by atoms with E-state index in [1.165, 1.54) is 6.07 Å². The normalized spacial score (nSPS) is 14.9. The van der Waals surface area contributed by atoms with Crippen molar-refractivity contribution in [1.29, 1.82) is 0 Å². The summed E-state index contributed by atoms with van der Waals surface area (Å²) in [5, 5.41) is 3.34. The first kappa shape index (κ1) is 12.2. The van der Waals surface area contributed by atoms with Crippen molar-refractivity contribution >= 4 is 0 Å². The Hall–Kier alpha value is -0.890. The third-order valence-corrected chi connectivity index (χ3v) is 2.70. The lowest BCUT2D eigenvalue weighted by atomic mass is 9.94. The molecule has 0 aliphatic rings.